The summed E-state index contributed by atoms with van der Waals surface area (Å²) in [5.74, 6) is 0.472. The first kappa shape index (κ1) is 11.7. The summed E-state index contributed by atoms with van der Waals surface area (Å²) in [7, 11) is 0. The van der Waals surface area contributed by atoms with Gasteiger partial charge < -0.3 is 10.0 Å². The highest BCUT2D eigenvalue weighted by Gasteiger charge is 2.24. The van der Waals surface area contributed by atoms with Crippen LogP contribution in [0.1, 0.15) is 23.2 Å². The lowest BCUT2D eigenvalue weighted by Gasteiger charge is -2.31. The molecule has 1 aromatic carbocycles. The van der Waals surface area contributed by atoms with E-state index in [0.29, 0.717) is 13.1 Å². The van der Waals surface area contributed by atoms with E-state index in [-0.39, 0.29) is 17.6 Å². The highest BCUT2D eigenvalue weighted by atomic mass is 16.3. The molecule has 0 aliphatic carbocycles. The number of nitrogens with zero attached hydrogens (tertiary/aromatic N) is 1. The Hall–Kier alpha value is -1.77. The van der Waals surface area contributed by atoms with E-state index in [1.807, 2.05) is 35.2 Å². The molecule has 0 radical (unpaired) electrons. The Kier molecular flexibility index (Phi) is 3.47. The van der Waals surface area contributed by atoms with Crippen molar-refractivity contribution in [2.24, 2.45) is 5.92 Å². The number of amides is 1. The van der Waals surface area contributed by atoms with Crippen LogP contribution in [0.5, 0.6) is 0 Å². The van der Waals surface area contributed by atoms with Crippen LogP contribution in [-0.2, 0) is 0 Å². The lowest BCUT2D eigenvalue weighted by Crippen LogP contribution is -2.38. The van der Waals surface area contributed by atoms with E-state index in [1.54, 1.807) is 0 Å². The fourth-order valence-corrected chi connectivity index (χ4v) is 2.18. The van der Waals surface area contributed by atoms with Crippen molar-refractivity contribution in [2.75, 3.05) is 13.1 Å². The van der Waals surface area contributed by atoms with Crippen LogP contribution in [-0.4, -0.2) is 29.0 Å². The summed E-state index contributed by atoms with van der Waals surface area (Å²) in [5.41, 5.74) is 0.730. The van der Waals surface area contributed by atoms with Gasteiger partial charge in [0.2, 0.25) is 0 Å². The van der Waals surface area contributed by atoms with Crippen LogP contribution in [0.15, 0.2) is 42.7 Å². The van der Waals surface area contributed by atoms with Gasteiger partial charge in [-0.05, 0) is 25.0 Å². The normalized spacial score (nSPS) is 16.8. The molecule has 1 saturated heterocycles. The lowest BCUT2D eigenvalue weighted by molar-refractivity contribution is 0.0686. The number of benzene rings is 1. The van der Waals surface area contributed by atoms with Crippen LogP contribution < -0.4 is 0 Å². The SMILES string of the molecule is C=C(O)C1CCN(C(=O)c2ccccc2)CC1. The van der Waals surface area contributed by atoms with E-state index >= 15 is 0 Å². The zero-order chi connectivity index (χ0) is 12.3. The van der Waals surface area contributed by atoms with E-state index in [4.69, 9.17) is 0 Å². The van der Waals surface area contributed by atoms with E-state index in [1.165, 1.54) is 0 Å². The summed E-state index contributed by atoms with van der Waals surface area (Å²) in [5, 5.41) is 9.32. The molecule has 1 N–H and O–H groups in total. The maximum Gasteiger partial charge on any atom is 0.253 e. The molecule has 3 heteroatoms. The van der Waals surface area contributed by atoms with Crippen LogP contribution >= 0.6 is 0 Å². The Labute approximate surface area is 101 Å². The Balaban J connectivity index is 1.98. The smallest absolute Gasteiger partial charge is 0.253 e. The first-order chi connectivity index (χ1) is 8.18. The van der Waals surface area contributed by atoms with Gasteiger partial charge in [0, 0.05) is 24.6 Å². The summed E-state index contributed by atoms with van der Waals surface area (Å²) in [6, 6.07) is 9.31. The standard InChI is InChI=1S/C14H17NO2/c1-11(16)12-7-9-15(10-8-12)14(17)13-5-3-2-4-6-13/h2-6,12,16H,1,7-10H2. The topological polar surface area (TPSA) is 40.5 Å². The Morgan fingerprint density at radius 3 is 2.35 bits per heavy atom. The highest BCUT2D eigenvalue weighted by Crippen LogP contribution is 2.22. The Bertz CT molecular complexity index is 405. The summed E-state index contributed by atoms with van der Waals surface area (Å²) < 4.78 is 0. The number of likely N-dealkylation sites (tertiary alicyclic amines) is 1. The van der Waals surface area contributed by atoms with Crippen molar-refractivity contribution in [3.63, 3.8) is 0 Å². The average Bonchev–Trinajstić information content (AvgIpc) is 2.39. The largest absolute Gasteiger partial charge is 0.513 e. The molecule has 3 nitrogen and oxygen atoms in total. The second-order valence-electron chi connectivity index (χ2n) is 4.42. The van der Waals surface area contributed by atoms with Crippen LogP contribution in [0.2, 0.25) is 0 Å². The van der Waals surface area contributed by atoms with Gasteiger partial charge in [0.1, 0.15) is 0 Å². The third-order valence-corrected chi connectivity index (χ3v) is 3.27. The zero-order valence-corrected chi connectivity index (χ0v) is 9.80. The average molecular weight is 231 g/mol. The molecule has 90 valence electrons. The monoisotopic (exact) mass is 231 g/mol. The first-order valence-corrected chi connectivity index (χ1v) is 5.90. The van der Waals surface area contributed by atoms with Crippen molar-refractivity contribution < 1.29 is 9.90 Å². The molecule has 1 amide bonds. The molecular formula is C14H17NO2. The number of piperidine rings is 1. The van der Waals surface area contributed by atoms with Gasteiger partial charge in [-0.2, -0.15) is 0 Å². The van der Waals surface area contributed by atoms with Crippen molar-refractivity contribution in [1.82, 2.24) is 4.90 Å². The van der Waals surface area contributed by atoms with Crippen LogP contribution in [0, 0.1) is 5.92 Å². The number of hydrogen-bond acceptors (Lipinski definition) is 2. The predicted molar refractivity (Wildman–Crippen MR) is 66.8 cm³/mol. The molecule has 0 unspecified atom stereocenters. The summed E-state index contributed by atoms with van der Waals surface area (Å²) >= 11 is 0. The third kappa shape index (κ3) is 2.67. The molecule has 2 rings (SSSR count). The molecule has 1 fully saturated rings. The summed E-state index contributed by atoms with van der Waals surface area (Å²) in [4.78, 5) is 14.0. The second-order valence-corrected chi connectivity index (χ2v) is 4.42. The maximum atomic E-state index is 12.1. The third-order valence-electron chi connectivity index (χ3n) is 3.27. The van der Waals surface area contributed by atoms with E-state index in [2.05, 4.69) is 6.58 Å². The van der Waals surface area contributed by atoms with Crippen LogP contribution in [0.25, 0.3) is 0 Å². The predicted octanol–water partition coefficient (Wildman–Crippen LogP) is 2.61. The number of rotatable bonds is 2. The minimum absolute atomic E-state index is 0.0765. The van der Waals surface area contributed by atoms with Gasteiger partial charge in [0.05, 0.1) is 5.76 Å². The molecular weight excluding hydrogens is 214 g/mol. The lowest BCUT2D eigenvalue weighted by atomic mass is 9.95. The molecule has 1 aromatic rings. The van der Waals surface area contributed by atoms with Crippen molar-refractivity contribution in [2.45, 2.75) is 12.8 Å². The number of aliphatic hydroxyl groups excluding tert-OH is 1. The molecule has 1 aliphatic heterocycles. The van der Waals surface area contributed by atoms with Crippen LogP contribution in [0.3, 0.4) is 0 Å². The fourth-order valence-electron chi connectivity index (χ4n) is 2.18. The quantitative estimate of drug-likeness (QED) is 0.795. The molecule has 0 atom stereocenters. The molecule has 0 spiro atoms. The number of carbonyl (C=O) groups excluding carboxylic acids is 1. The molecule has 17 heavy (non-hydrogen) atoms. The molecule has 0 bridgehead atoms. The van der Waals surface area contributed by atoms with Crippen LogP contribution in [0.4, 0.5) is 0 Å². The van der Waals surface area contributed by atoms with Crippen molar-refractivity contribution in [3.05, 3.63) is 48.2 Å². The number of hydrogen-bond donors (Lipinski definition) is 1. The van der Waals surface area contributed by atoms with Gasteiger partial charge in [0.15, 0.2) is 0 Å². The Morgan fingerprint density at radius 1 is 1.24 bits per heavy atom. The van der Waals surface area contributed by atoms with E-state index < -0.39 is 0 Å². The van der Waals surface area contributed by atoms with Gasteiger partial charge in [-0.1, -0.05) is 24.8 Å². The Morgan fingerprint density at radius 2 is 1.82 bits per heavy atom. The summed E-state index contributed by atoms with van der Waals surface area (Å²) in [6.07, 6.45) is 1.60. The molecule has 0 saturated carbocycles. The van der Waals surface area contributed by atoms with Gasteiger partial charge in [-0.15, -0.1) is 0 Å². The molecule has 0 aromatic heterocycles. The minimum Gasteiger partial charge on any atom is -0.513 e. The maximum absolute atomic E-state index is 12.1. The second kappa shape index (κ2) is 5.04. The molecule has 1 aliphatic rings. The van der Waals surface area contributed by atoms with Gasteiger partial charge in [-0.3, -0.25) is 4.79 Å². The van der Waals surface area contributed by atoms with Gasteiger partial charge in [0.25, 0.3) is 5.91 Å². The molecule has 1 heterocycles. The van der Waals surface area contributed by atoms with Gasteiger partial charge in [-0.25, -0.2) is 0 Å². The van der Waals surface area contributed by atoms with E-state index in [0.717, 1.165) is 18.4 Å². The van der Waals surface area contributed by atoms with Crippen molar-refractivity contribution in [3.8, 4) is 0 Å². The fraction of sp³-hybridized carbons (Fsp3) is 0.357. The van der Waals surface area contributed by atoms with Crippen molar-refractivity contribution in [1.29, 1.82) is 0 Å². The van der Waals surface area contributed by atoms with Gasteiger partial charge >= 0.3 is 0 Å². The highest BCUT2D eigenvalue weighted by molar-refractivity contribution is 5.94. The first-order valence-electron chi connectivity index (χ1n) is 5.90. The number of allylic oxidation sites excluding steroid dienone is 1. The number of carbonyl (C=O) groups is 1. The minimum atomic E-state index is 0.0765. The van der Waals surface area contributed by atoms with E-state index in [9.17, 15) is 9.90 Å². The number of aliphatic hydroxyl groups is 1. The van der Waals surface area contributed by atoms with Crippen molar-refractivity contribution >= 4 is 5.91 Å². The summed E-state index contributed by atoms with van der Waals surface area (Å²) in [6.45, 7) is 4.94. The zero-order valence-electron chi connectivity index (χ0n) is 9.80.